The zero-order chi connectivity index (χ0) is 17.5. The quantitative estimate of drug-likeness (QED) is 0.735. The number of ether oxygens (including phenoxy) is 1. The van der Waals surface area contributed by atoms with E-state index in [9.17, 15) is 9.59 Å². The lowest BCUT2D eigenvalue weighted by atomic mass is 10.1. The Morgan fingerprint density at radius 3 is 2.33 bits per heavy atom. The van der Waals surface area contributed by atoms with Gasteiger partial charge >= 0.3 is 0 Å². The molecule has 0 saturated carbocycles. The Morgan fingerprint density at radius 2 is 1.79 bits per heavy atom. The van der Waals surface area contributed by atoms with Crippen molar-refractivity contribution >= 4 is 17.5 Å². The summed E-state index contributed by atoms with van der Waals surface area (Å²) < 4.78 is 5.43. The molecule has 1 aliphatic heterocycles. The van der Waals surface area contributed by atoms with Crippen molar-refractivity contribution in [2.75, 3.05) is 31.1 Å². The van der Waals surface area contributed by atoms with Crippen molar-refractivity contribution < 1.29 is 14.3 Å². The van der Waals surface area contributed by atoms with Gasteiger partial charge in [0.15, 0.2) is 0 Å². The molecule has 2 rings (SSSR count). The molecular weight excluding hydrogens is 304 g/mol. The van der Waals surface area contributed by atoms with Crippen molar-refractivity contribution in [3.8, 4) is 5.75 Å². The van der Waals surface area contributed by atoms with Gasteiger partial charge in [-0.25, -0.2) is 0 Å². The number of amides is 2. The molecule has 5 nitrogen and oxygen atoms in total. The predicted molar refractivity (Wildman–Crippen MR) is 95.2 cm³/mol. The third-order valence-corrected chi connectivity index (χ3v) is 4.23. The first-order valence-electron chi connectivity index (χ1n) is 8.92. The number of rotatable bonds is 8. The molecule has 1 aromatic rings. The minimum Gasteiger partial charge on any atom is -0.494 e. The van der Waals surface area contributed by atoms with Crippen molar-refractivity contribution in [1.82, 2.24) is 4.90 Å². The monoisotopic (exact) mass is 332 g/mol. The van der Waals surface area contributed by atoms with Gasteiger partial charge < -0.3 is 14.5 Å². The van der Waals surface area contributed by atoms with Gasteiger partial charge in [0.1, 0.15) is 5.75 Å². The number of benzene rings is 1. The lowest BCUT2D eigenvalue weighted by Crippen LogP contribution is -2.38. The smallest absolute Gasteiger partial charge is 0.228 e. The highest BCUT2D eigenvalue weighted by Crippen LogP contribution is 2.28. The SMILES string of the molecule is CCCN(CCC)C(=O)C1CC(=O)N(c2ccc(OCC)cc2)C1. The van der Waals surface area contributed by atoms with Crippen LogP contribution >= 0.6 is 0 Å². The summed E-state index contributed by atoms with van der Waals surface area (Å²) >= 11 is 0. The van der Waals surface area contributed by atoms with E-state index in [0.29, 0.717) is 19.6 Å². The van der Waals surface area contributed by atoms with Gasteiger partial charge in [-0.05, 0) is 44.0 Å². The van der Waals surface area contributed by atoms with E-state index in [2.05, 4.69) is 13.8 Å². The van der Waals surface area contributed by atoms with E-state index in [1.54, 1.807) is 4.90 Å². The van der Waals surface area contributed by atoms with Crippen molar-refractivity contribution in [2.45, 2.75) is 40.0 Å². The molecule has 5 heteroatoms. The molecule has 1 unspecified atom stereocenters. The number of anilines is 1. The topological polar surface area (TPSA) is 49.9 Å². The van der Waals surface area contributed by atoms with Crippen LogP contribution in [-0.4, -0.2) is 43.0 Å². The summed E-state index contributed by atoms with van der Waals surface area (Å²) in [6.07, 6.45) is 2.18. The fourth-order valence-electron chi connectivity index (χ4n) is 3.14. The molecule has 0 radical (unpaired) electrons. The van der Waals surface area contributed by atoms with Crippen molar-refractivity contribution in [1.29, 1.82) is 0 Å². The van der Waals surface area contributed by atoms with Crippen LogP contribution in [0.5, 0.6) is 5.75 Å². The molecule has 24 heavy (non-hydrogen) atoms. The molecule has 1 atom stereocenters. The van der Waals surface area contributed by atoms with Gasteiger partial charge in [0.25, 0.3) is 0 Å². The Labute approximate surface area is 144 Å². The van der Waals surface area contributed by atoms with Crippen molar-refractivity contribution in [3.05, 3.63) is 24.3 Å². The van der Waals surface area contributed by atoms with E-state index in [0.717, 1.165) is 37.4 Å². The average molecular weight is 332 g/mol. The van der Waals surface area contributed by atoms with Gasteiger partial charge in [-0.15, -0.1) is 0 Å². The van der Waals surface area contributed by atoms with Crippen molar-refractivity contribution in [2.24, 2.45) is 5.92 Å². The molecule has 2 amide bonds. The second-order valence-electron chi connectivity index (χ2n) is 6.16. The lowest BCUT2D eigenvalue weighted by molar-refractivity contribution is -0.135. The van der Waals surface area contributed by atoms with Crippen LogP contribution in [0.1, 0.15) is 40.0 Å². The van der Waals surface area contributed by atoms with Crippen molar-refractivity contribution in [3.63, 3.8) is 0 Å². The molecule has 1 aliphatic rings. The van der Waals surface area contributed by atoms with Crippen LogP contribution < -0.4 is 9.64 Å². The summed E-state index contributed by atoms with van der Waals surface area (Å²) in [4.78, 5) is 28.7. The minimum atomic E-state index is -0.234. The summed E-state index contributed by atoms with van der Waals surface area (Å²) in [5.41, 5.74) is 0.830. The summed E-state index contributed by atoms with van der Waals surface area (Å²) in [6.45, 7) is 8.69. The summed E-state index contributed by atoms with van der Waals surface area (Å²) in [5.74, 6) is 0.686. The molecule has 1 aromatic carbocycles. The van der Waals surface area contributed by atoms with Crippen LogP contribution in [0.3, 0.4) is 0 Å². The molecule has 0 spiro atoms. The van der Waals surface area contributed by atoms with Gasteiger partial charge in [0.2, 0.25) is 11.8 Å². The van der Waals surface area contributed by atoms with Crippen LogP contribution in [0.4, 0.5) is 5.69 Å². The molecule has 0 aromatic heterocycles. The van der Waals surface area contributed by atoms with E-state index in [1.807, 2.05) is 36.1 Å². The van der Waals surface area contributed by atoms with Gasteiger partial charge in [0, 0.05) is 31.7 Å². The predicted octanol–water partition coefficient (Wildman–Crippen LogP) is 3.09. The normalized spacial score (nSPS) is 17.2. The van der Waals surface area contributed by atoms with E-state index < -0.39 is 0 Å². The highest BCUT2D eigenvalue weighted by molar-refractivity contribution is 6.00. The summed E-state index contributed by atoms with van der Waals surface area (Å²) in [7, 11) is 0. The number of carbonyl (C=O) groups excluding carboxylic acids is 2. The van der Waals surface area contributed by atoms with Crippen LogP contribution in [-0.2, 0) is 9.59 Å². The Hall–Kier alpha value is -2.04. The third kappa shape index (κ3) is 4.28. The first kappa shape index (κ1) is 18.3. The summed E-state index contributed by atoms with van der Waals surface area (Å²) in [6, 6.07) is 7.49. The molecule has 1 saturated heterocycles. The zero-order valence-electron chi connectivity index (χ0n) is 15.0. The Morgan fingerprint density at radius 1 is 1.17 bits per heavy atom. The Kier molecular flexibility index (Phi) is 6.64. The Balaban J connectivity index is 2.05. The number of hydrogen-bond acceptors (Lipinski definition) is 3. The average Bonchev–Trinajstić information content (AvgIpc) is 2.97. The van der Waals surface area contributed by atoms with Gasteiger partial charge in [-0.3, -0.25) is 9.59 Å². The van der Waals surface area contributed by atoms with E-state index >= 15 is 0 Å². The molecule has 0 aliphatic carbocycles. The molecule has 0 bridgehead atoms. The van der Waals surface area contributed by atoms with E-state index in [4.69, 9.17) is 4.74 Å². The Bertz CT molecular complexity index is 550. The standard InChI is InChI=1S/C19H28N2O3/c1-4-11-20(12-5-2)19(23)15-13-18(22)21(14-15)16-7-9-17(10-8-16)24-6-3/h7-10,15H,4-6,11-14H2,1-3H3. The number of nitrogens with zero attached hydrogens (tertiary/aromatic N) is 2. The van der Waals surface area contributed by atoms with Gasteiger partial charge in [-0.1, -0.05) is 13.8 Å². The first-order valence-corrected chi connectivity index (χ1v) is 8.92. The highest BCUT2D eigenvalue weighted by Gasteiger charge is 2.36. The largest absolute Gasteiger partial charge is 0.494 e. The molecular formula is C19H28N2O3. The molecule has 1 fully saturated rings. The fourth-order valence-corrected chi connectivity index (χ4v) is 3.14. The lowest BCUT2D eigenvalue weighted by Gasteiger charge is -2.24. The van der Waals surface area contributed by atoms with Crippen LogP contribution in [0.25, 0.3) is 0 Å². The fraction of sp³-hybridized carbons (Fsp3) is 0.579. The third-order valence-electron chi connectivity index (χ3n) is 4.23. The van der Waals surface area contributed by atoms with Crippen LogP contribution in [0, 0.1) is 5.92 Å². The second kappa shape index (κ2) is 8.71. The van der Waals surface area contributed by atoms with Gasteiger partial charge in [0.05, 0.1) is 12.5 Å². The summed E-state index contributed by atoms with van der Waals surface area (Å²) in [5, 5.41) is 0. The maximum Gasteiger partial charge on any atom is 0.228 e. The molecule has 0 N–H and O–H groups in total. The molecule has 132 valence electrons. The van der Waals surface area contributed by atoms with E-state index in [-0.39, 0.29) is 17.7 Å². The number of hydrogen-bond donors (Lipinski definition) is 0. The van der Waals surface area contributed by atoms with Gasteiger partial charge in [-0.2, -0.15) is 0 Å². The highest BCUT2D eigenvalue weighted by atomic mass is 16.5. The number of carbonyl (C=O) groups is 2. The maximum absolute atomic E-state index is 12.7. The zero-order valence-corrected chi connectivity index (χ0v) is 15.0. The second-order valence-corrected chi connectivity index (χ2v) is 6.16. The van der Waals surface area contributed by atoms with Crippen LogP contribution in [0.15, 0.2) is 24.3 Å². The maximum atomic E-state index is 12.7. The first-order chi connectivity index (χ1) is 11.6. The molecule has 1 heterocycles. The van der Waals surface area contributed by atoms with E-state index in [1.165, 1.54) is 0 Å². The van der Waals surface area contributed by atoms with Crippen LogP contribution in [0.2, 0.25) is 0 Å². The minimum absolute atomic E-state index is 0.0189.